The topological polar surface area (TPSA) is 66.5 Å². The average Bonchev–Trinajstić information content (AvgIpc) is 2.86. The van der Waals surface area contributed by atoms with Crippen LogP contribution >= 0.6 is 0 Å². The average molecular weight is 314 g/mol. The van der Waals surface area contributed by atoms with Crippen LogP contribution in [0.3, 0.4) is 0 Å². The fourth-order valence-electron chi connectivity index (χ4n) is 2.61. The quantitative estimate of drug-likeness (QED) is 0.904. The lowest BCUT2D eigenvalue weighted by atomic mass is 9.99. The third kappa shape index (κ3) is 4.25. The summed E-state index contributed by atoms with van der Waals surface area (Å²) in [5, 5.41) is 0. The van der Waals surface area contributed by atoms with Gasteiger partial charge in [0.25, 0.3) is 0 Å². The van der Waals surface area contributed by atoms with Crippen LogP contribution in [-0.2, 0) is 14.8 Å². The molecule has 0 spiro atoms. The van der Waals surface area contributed by atoms with Gasteiger partial charge in [0.2, 0.25) is 15.9 Å². The molecule has 1 fully saturated rings. The Hall–Kier alpha value is -1.47. The summed E-state index contributed by atoms with van der Waals surface area (Å²) in [5.41, 5.74) is 0.996. The molecule has 21 heavy (non-hydrogen) atoms. The van der Waals surface area contributed by atoms with E-state index in [0.29, 0.717) is 13.1 Å². The molecule has 2 rings (SSSR count). The van der Waals surface area contributed by atoms with E-state index < -0.39 is 16.1 Å². The first-order valence-electron chi connectivity index (χ1n) is 6.78. The Bertz CT molecular complexity index is 616. The Labute approximate surface area is 124 Å². The molecule has 0 saturated carbocycles. The summed E-state index contributed by atoms with van der Waals surface area (Å²) in [5.74, 6) is -0.347. The Morgan fingerprint density at radius 3 is 2.57 bits per heavy atom. The highest BCUT2D eigenvalue weighted by Gasteiger charge is 2.30. The van der Waals surface area contributed by atoms with Crippen molar-refractivity contribution in [2.75, 3.05) is 19.3 Å². The van der Waals surface area contributed by atoms with E-state index in [2.05, 4.69) is 4.72 Å². The minimum Gasteiger partial charge on any atom is -0.341 e. The number of nitrogens with one attached hydrogen (secondary N) is 1. The lowest BCUT2D eigenvalue weighted by Gasteiger charge is -2.21. The molecule has 1 aromatic carbocycles. The first-order chi connectivity index (χ1) is 9.76. The van der Waals surface area contributed by atoms with E-state index in [1.165, 1.54) is 19.1 Å². The molecule has 2 unspecified atom stereocenters. The molecule has 5 nitrogen and oxygen atoms in total. The standard InChI is InChI=1S/C14H19FN2O3S/c1-10(16-21(2,19)20)14(18)17-8-7-12(9-17)11-3-5-13(15)6-4-11/h3-6,10,12,16H,7-9H2,1-2H3. The Kier molecular flexibility index (Phi) is 4.63. The van der Waals surface area contributed by atoms with Crippen molar-refractivity contribution in [1.29, 1.82) is 0 Å². The van der Waals surface area contributed by atoms with E-state index in [0.717, 1.165) is 18.2 Å². The van der Waals surface area contributed by atoms with Crippen LogP contribution in [-0.4, -0.2) is 44.6 Å². The number of carbonyl (C=O) groups excluding carboxylic acids is 1. The molecule has 1 aliphatic rings. The molecular formula is C14H19FN2O3S. The predicted octanol–water partition coefficient (Wildman–Crippen LogP) is 1.08. The predicted molar refractivity (Wildman–Crippen MR) is 77.8 cm³/mol. The highest BCUT2D eigenvalue weighted by molar-refractivity contribution is 7.88. The number of nitrogens with zero attached hydrogens (tertiary/aromatic N) is 1. The van der Waals surface area contributed by atoms with Gasteiger partial charge in [-0.15, -0.1) is 0 Å². The molecule has 1 aromatic rings. The monoisotopic (exact) mass is 314 g/mol. The third-order valence-electron chi connectivity index (χ3n) is 3.60. The lowest BCUT2D eigenvalue weighted by molar-refractivity contribution is -0.131. The van der Waals surface area contributed by atoms with Crippen molar-refractivity contribution in [3.8, 4) is 0 Å². The summed E-state index contributed by atoms with van der Waals surface area (Å²) in [4.78, 5) is 13.8. The van der Waals surface area contributed by atoms with Gasteiger partial charge in [-0.05, 0) is 31.0 Å². The highest BCUT2D eigenvalue weighted by atomic mass is 32.2. The maximum atomic E-state index is 12.9. The van der Waals surface area contributed by atoms with Crippen LogP contribution in [0.5, 0.6) is 0 Å². The minimum atomic E-state index is -3.41. The van der Waals surface area contributed by atoms with Crippen LogP contribution in [0, 0.1) is 5.82 Å². The normalized spacial score (nSPS) is 20.5. The van der Waals surface area contributed by atoms with Crippen molar-refractivity contribution < 1.29 is 17.6 Å². The van der Waals surface area contributed by atoms with Gasteiger partial charge in [-0.1, -0.05) is 12.1 Å². The highest BCUT2D eigenvalue weighted by Crippen LogP contribution is 2.27. The van der Waals surface area contributed by atoms with Gasteiger partial charge < -0.3 is 4.90 Å². The second-order valence-electron chi connectivity index (χ2n) is 5.43. The fourth-order valence-corrected chi connectivity index (χ4v) is 3.36. The molecule has 116 valence electrons. The van der Waals surface area contributed by atoms with Crippen LogP contribution < -0.4 is 4.72 Å². The number of hydrogen-bond donors (Lipinski definition) is 1. The SMILES string of the molecule is CC(NS(C)(=O)=O)C(=O)N1CCC(c2ccc(F)cc2)C1. The summed E-state index contributed by atoms with van der Waals surface area (Å²) in [6.07, 6.45) is 1.82. The van der Waals surface area contributed by atoms with Crippen molar-refractivity contribution in [1.82, 2.24) is 9.62 Å². The maximum Gasteiger partial charge on any atom is 0.240 e. The van der Waals surface area contributed by atoms with Gasteiger partial charge >= 0.3 is 0 Å². The number of rotatable bonds is 4. The second kappa shape index (κ2) is 6.11. The largest absolute Gasteiger partial charge is 0.341 e. The van der Waals surface area contributed by atoms with Gasteiger partial charge in [0.15, 0.2) is 0 Å². The molecule has 0 bridgehead atoms. The number of hydrogen-bond acceptors (Lipinski definition) is 3. The van der Waals surface area contributed by atoms with Crippen molar-refractivity contribution in [2.24, 2.45) is 0 Å². The molecule has 0 radical (unpaired) electrons. The smallest absolute Gasteiger partial charge is 0.240 e. The van der Waals surface area contributed by atoms with Crippen molar-refractivity contribution >= 4 is 15.9 Å². The van der Waals surface area contributed by atoms with Crippen molar-refractivity contribution in [2.45, 2.75) is 25.3 Å². The molecule has 1 saturated heterocycles. The van der Waals surface area contributed by atoms with Gasteiger partial charge in [0.05, 0.1) is 12.3 Å². The number of carbonyl (C=O) groups is 1. The molecule has 7 heteroatoms. The molecule has 1 amide bonds. The summed E-state index contributed by atoms with van der Waals surface area (Å²) in [6, 6.07) is 5.51. The van der Waals surface area contributed by atoms with Gasteiger partial charge in [0, 0.05) is 19.0 Å². The number of sulfonamides is 1. The third-order valence-corrected chi connectivity index (χ3v) is 4.38. The lowest BCUT2D eigenvalue weighted by Crippen LogP contribution is -2.45. The zero-order chi connectivity index (χ0) is 15.6. The molecule has 0 aliphatic carbocycles. The van der Waals surface area contributed by atoms with Crippen molar-refractivity contribution in [3.63, 3.8) is 0 Å². The number of amides is 1. The molecule has 0 aromatic heterocycles. The summed E-state index contributed by atoms with van der Waals surface area (Å²) >= 11 is 0. The van der Waals surface area contributed by atoms with Gasteiger partial charge in [-0.25, -0.2) is 17.5 Å². The number of benzene rings is 1. The van der Waals surface area contributed by atoms with Crippen LogP contribution in [0.15, 0.2) is 24.3 Å². The second-order valence-corrected chi connectivity index (χ2v) is 7.21. The van der Waals surface area contributed by atoms with Gasteiger partial charge in [-0.3, -0.25) is 4.79 Å². The van der Waals surface area contributed by atoms with Crippen LogP contribution in [0.25, 0.3) is 0 Å². The summed E-state index contributed by atoms with van der Waals surface area (Å²) < 4.78 is 37.5. The number of likely N-dealkylation sites (tertiary alicyclic amines) is 1. The fraction of sp³-hybridized carbons (Fsp3) is 0.500. The molecular weight excluding hydrogens is 295 g/mol. The Morgan fingerprint density at radius 2 is 2.00 bits per heavy atom. The van der Waals surface area contributed by atoms with E-state index in [4.69, 9.17) is 0 Å². The Morgan fingerprint density at radius 1 is 1.38 bits per heavy atom. The van der Waals surface area contributed by atoms with E-state index in [9.17, 15) is 17.6 Å². The van der Waals surface area contributed by atoms with Crippen LogP contribution in [0.4, 0.5) is 4.39 Å². The van der Waals surface area contributed by atoms with E-state index >= 15 is 0 Å². The summed E-state index contributed by atoms with van der Waals surface area (Å²) in [7, 11) is -3.41. The van der Waals surface area contributed by atoms with E-state index in [-0.39, 0.29) is 17.6 Å². The van der Waals surface area contributed by atoms with E-state index in [1.54, 1.807) is 17.0 Å². The van der Waals surface area contributed by atoms with Crippen LogP contribution in [0.2, 0.25) is 0 Å². The number of halogens is 1. The zero-order valence-electron chi connectivity index (χ0n) is 12.0. The Balaban J connectivity index is 1.98. The molecule has 1 aliphatic heterocycles. The first-order valence-corrected chi connectivity index (χ1v) is 8.67. The first kappa shape index (κ1) is 15.9. The van der Waals surface area contributed by atoms with Crippen molar-refractivity contribution in [3.05, 3.63) is 35.6 Å². The minimum absolute atomic E-state index is 0.167. The van der Waals surface area contributed by atoms with Gasteiger partial charge in [0.1, 0.15) is 5.82 Å². The molecule has 1 heterocycles. The maximum absolute atomic E-state index is 12.9. The van der Waals surface area contributed by atoms with E-state index in [1.807, 2.05) is 0 Å². The zero-order valence-corrected chi connectivity index (χ0v) is 12.9. The van der Waals surface area contributed by atoms with Gasteiger partial charge in [-0.2, -0.15) is 0 Å². The van der Waals surface area contributed by atoms with Crippen LogP contribution in [0.1, 0.15) is 24.8 Å². The molecule has 1 N–H and O–H groups in total. The molecule has 2 atom stereocenters. The summed E-state index contributed by atoms with van der Waals surface area (Å²) in [6.45, 7) is 2.64.